The third-order valence-corrected chi connectivity index (χ3v) is 2.79. The molecule has 0 atom stereocenters. The van der Waals surface area contributed by atoms with Gasteiger partial charge in [-0.3, -0.25) is 4.79 Å². The summed E-state index contributed by atoms with van der Waals surface area (Å²) in [6, 6.07) is 4.18. The van der Waals surface area contributed by atoms with Gasteiger partial charge in [0, 0.05) is 23.8 Å². The van der Waals surface area contributed by atoms with Crippen LogP contribution in [0.2, 0.25) is 0 Å². The number of esters is 2. The predicted molar refractivity (Wildman–Crippen MR) is 86.3 cm³/mol. The number of rotatable bonds is 6. The van der Waals surface area contributed by atoms with Crippen LogP contribution in [0.3, 0.4) is 0 Å². The molecule has 0 fully saturated rings. The Morgan fingerprint density at radius 1 is 1.12 bits per heavy atom. The Hall–Kier alpha value is -2.85. The monoisotopic (exact) mass is 336 g/mol. The third-order valence-electron chi connectivity index (χ3n) is 2.79. The van der Waals surface area contributed by atoms with Gasteiger partial charge in [0.15, 0.2) is 0 Å². The molecular weight excluding hydrogens is 319 g/mol. The molecule has 0 spiro atoms. The van der Waals surface area contributed by atoms with Gasteiger partial charge >= 0.3 is 19.1 Å². The van der Waals surface area contributed by atoms with E-state index in [1.54, 1.807) is 0 Å². The summed E-state index contributed by atoms with van der Waals surface area (Å²) in [6.07, 6.45) is 0.862. The highest BCUT2D eigenvalue weighted by molar-refractivity contribution is 6.60. The van der Waals surface area contributed by atoms with Crippen LogP contribution < -0.4 is 16.1 Å². The number of carbonyl (C=O) groups excluding carboxylic acids is 3. The van der Waals surface area contributed by atoms with E-state index in [2.05, 4.69) is 20.1 Å². The van der Waals surface area contributed by atoms with E-state index in [4.69, 9.17) is 0 Å². The first-order valence-corrected chi connectivity index (χ1v) is 6.71. The standard InChI is InChI=1S/C14H17BN2O7/c1-8(18)16-9-4-5-11(10(6-9)15(21)22)17-12(14(20)24-3)7-13(19)23-2/h4-7,17,21-22H,1-3H3,(H,16,18)/b12-7+. The Kier molecular flexibility index (Phi) is 6.96. The van der Waals surface area contributed by atoms with Crippen molar-refractivity contribution >= 4 is 41.8 Å². The Labute approximate surface area is 138 Å². The second kappa shape index (κ2) is 8.70. The third kappa shape index (κ3) is 5.41. The Balaban J connectivity index is 3.23. The molecule has 0 aromatic heterocycles. The largest absolute Gasteiger partial charge is 0.490 e. The van der Waals surface area contributed by atoms with Crippen molar-refractivity contribution in [3.63, 3.8) is 0 Å². The van der Waals surface area contributed by atoms with Gasteiger partial charge in [-0.1, -0.05) is 0 Å². The summed E-state index contributed by atoms with van der Waals surface area (Å²) >= 11 is 0. The molecule has 128 valence electrons. The summed E-state index contributed by atoms with van der Waals surface area (Å²) in [6.45, 7) is 1.30. The van der Waals surface area contributed by atoms with Gasteiger partial charge in [0.05, 0.1) is 20.3 Å². The molecule has 4 N–H and O–H groups in total. The summed E-state index contributed by atoms with van der Waals surface area (Å²) in [5.41, 5.74) is 0.159. The smallest absolute Gasteiger partial charge is 0.466 e. The number of benzene rings is 1. The number of nitrogens with one attached hydrogen (secondary N) is 2. The SMILES string of the molecule is COC(=O)/C=C(/Nc1ccc(NC(C)=O)cc1B(O)O)C(=O)OC. The fourth-order valence-electron chi connectivity index (χ4n) is 1.75. The molecule has 0 aliphatic rings. The highest BCUT2D eigenvalue weighted by atomic mass is 16.5. The normalized spacial score (nSPS) is 10.6. The number of anilines is 2. The Bertz CT molecular complexity index is 673. The van der Waals surface area contributed by atoms with E-state index in [-0.39, 0.29) is 22.8 Å². The van der Waals surface area contributed by atoms with Crippen LogP contribution >= 0.6 is 0 Å². The maximum absolute atomic E-state index is 11.7. The molecule has 1 aromatic carbocycles. The number of methoxy groups -OCH3 is 2. The average molecular weight is 336 g/mol. The van der Waals surface area contributed by atoms with E-state index in [1.807, 2.05) is 0 Å². The van der Waals surface area contributed by atoms with Crippen LogP contribution in [-0.4, -0.2) is 49.2 Å². The molecule has 10 heteroatoms. The van der Waals surface area contributed by atoms with Gasteiger partial charge in [0.25, 0.3) is 0 Å². The first-order chi connectivity index (χ1) is 11.3. The number of hydrogen-bond donors (Lipinski definition) is 4. The highest BCUT2D eigenvalue weighted by Crippen LogP contribution is 2.15. The van der Waals surface area contributed by atoms with Crippen molar-refractivity contribution in [3.05, 3.63) is 30.0 Å². The van der Waals surface area contributed by atoms with E-state index in [0.29, 0.717) is 5.69 Å². The zero-order valence-electron chi connectivity index (χ0n) is 13.3. The highest BCUT2D eigenvalue weighted by Gasteiger charge is 2.20. The van der Waals surface area contributed by atoms with Gasteiger partial charge in [0.1, 0.15) is 5.70 Å². The summed E-state index contributed by atoms with van der Waals surface area (Å²) in [4.78, 5) is 34.1. The molecule has 0 radical (unpaired) electrons. The van der Waals surface area contributed by atoms with Gasteiger partial charge in [-0.25, -0.2) is 9.59 Å². The van der Waals surface area contributed by atoms with Crippen molar-refractivity contribution in [3.8, 4) is 0 Å². The molecule has 9 nitrogen and oxygen atoms in total. The first-order valence-electron chi connectivity index (χ1n) is 6.71. The minimum atomic E-state index is -1.89. The number of carbonyl (C=O) groups is 3. The van der Waals surface area contributed by atoms with Gasteiger partial charge < -0.3 is 30.2 Å². The lowest BCUT2D eigenvalue weighted by molar-refractivity contribution is -0.138. The minimum absolute atomic E-state index is 0.0269. The molecule has 0 heterocycles. The predicted octanol–water partition coefficient (Wildman–Crippen LogP) is -1.03. The van der Waals surface area contributed by atoms with Gasteiger partial charge in [0.2, 0.25) is 5.91 Å². The average Bonchev–Trinajstić information content (AvgIpc) is 2.53. The van der Waals surface area contributed by atoms with Crippen molar-refractivity contribution in [2.24, 2.45) is 0 Å². The van der Waals surface area contributed by atoms with E-state index in [1.165, 1.54) is 25.1 Å². The van der Waals surface area contributed by atoms with Crippen LogP contribution in [0.5, 0.6) is 0 Å². The van der Waals surface area contributed by atoms with Gasteiger partial charge in [-0.05, 0) is 18.2 Å². The number of amides is 1. The molecule has 0 aliphatic heterocycles. The van der Waals surface area contributed by atoms with Crippen LogP contribution in [0, 0.1) is 0 Å². The molecule has 1 aromatic rings. The van der Waals surface area contributed by atoms with E-state index in [0.717, 1.165) is 20.3 Å². The van der Waals surface area contributed by atoms with Crippen molar-refractivity contribution < 1.29 is 33.9 Å². The summed E-state index contributed by atoms with van der Waals surface area (Å²) in [7, 11) is 0.369. The number of hydrogen-bond acceptors (Lipinski definition) is 8. The zero-order valence-corrected chi connectivity index (χ0v) is 13.3. The summed E-state index contributed by atoms with van der Waals surface area (Å²) in [5.74, 6) is -2.00. The molecule has 0 bridgehead atoms. The fourth-order valence-corrected chi connectivity index (χ4v) is 1.75. The van der Waals surface area contributed by atoms with E-state index >= 15 is 0 Å². The molecule has 1 amide bonds. The topological polar surface area (TPSA) is 134 Å². The number of ether oxygens (including phenoxy) is 2. The maximum atomic E-state index is 11.7. The van der Waals surface area contributed by atoms with Crippen LogP contribution in [0.1, 0.15) is 6.92 Å². The lowest BCUT2D eigenvalue weighted by Gasteiger charge is -2.14. The van der Waals surface area contributed by atoms with Gasteiger partial charge in [-0.15, -0.1) is 0 Å². The second-order valence-corrected chi connectivity index (χ2v) is 4.55. The van der Waals surface area contributed by atoms with Crippen LogP contribution in [0.25, 0.3) is 0 Å². The molecule has 0 saturated heterocycles. The fraction of sp³-hybridized carbons (Fsp3) is 0.214. The van der Waals surface area contributed by atoms with E-state index < -0.39 is 19.1 Å². The van der Waals surface area contributed by atoms with Crippen molar-refractivity contribution in [2.75, 3.05) is 24.9 Å². The maximum Gasteiger partial charge on any atom is 0.490 e. The van der Waals surface area contributed by atoms with E-state index in [9.17, 15) is 24.4 Å². The molecule has 24 heavy (non-hydrogen) atoms. The quantitative estimate of drug-likeness (QED) is 0.294. The minimum Gasteiger partial charge on any atom is -0.466 e. The van der Waals surface area contributed by atoms with Gasteiger partial charge in [-0.2, -0.15) is 0 Å². The lowest BCUT2D eigenvalue weighted by atomic mass is 9.78. The summed E-state index contributed by atoms with van der Waals surface area (Å²) < 4.78 is 8.99. The Morgan fingerprint density at radius 3 is 2.29 bits per heavy atom. The zero-order chi connectivity index (χ0) is 18.3. The molecule has 0 unspecified atom stereocenters. The molecular formula is C14H17BN2O7. The molecule has 0 aliphatic carbocycles. The second-order valence-electron chi connectivity index (χ2n) is 4.55. The molecule has 1 rings (SSSR count). The van der Waals surface area contributed by atoms with Crippen molar-refractivity contribution in [1.29, 1.82) is 0 Å². The first kappa shape index (κ1) is 19.2. The Morgan fingerprint density at radius 2 is 1.79 bits per heavy atom. The van der Waals surface area contributed by atoms with Crippen LogP contribution in [0.4, 0.5) is 11.4 Å². The molecule has 0 saturated carbocycles. The van der Waals surface area contributed by atoms with Crippen molar-refractivity contribution in [2.45, 2.75) is 6.92 Å². The van der Waals surface area contributed by atoms with Crippen molar-refractivity contribution in [1.82, 2.24) is 0 Å². The summed E-state index contributed by atoms with van der Waals surface area (Å²) in [5, 5.41) is 24.0. The van der Waals surface area contributed by atoms with Crippen LogP contribution in [-0.2, 0) is 23.9 Å². The lowest BCUT2D eigenvalue weighted by Crippen LogP contribution is -2.33. The van der Waals surface area contributed by atoms with Crippen LogP contribution in [0.15, 0.2) is 30.0 Å².